The summed E-state index contributed by atoms with van der Waals surface area (Å²) < 4.78 is 29.5. The number of aliphatic hydroxyl groups is 1. The Bertz CT molecular complexity index is 1010. The molecule has 2 atom stereocenters. The first-order valence-electron chi connectivity index (χ1n) is 10.3. The van der Waals surface area contributed by atoms with Crippen LogP contribution in [0.25, 0.3) is 0 Å². The Hall–Kier alpha value is -1.64. The smallest absolute Gasteiger partial charge is 0.265 e. The van der Waals surface area contributed by atoms with E-state index >= 15 is 0 Å². The van der Waals surface area contributed by atoms with Gasteiger partial charge in [0.1, 0.15) is 11.9 Å². The van der Waals surface area contributed by atoms with Crippen molar-refractivity contribution in [3.8, 4) is 5.75 Å². The first kappa shape index (κ1) is 24.0. The number of aryl methyl sites for hydroxylation is 2. The second-order valence-electron chi connectivity index (χ2n) is 8.54. The molecule has 1 fully saturated rings. The van der Waals surface area contributed by atoms with Crippen LogP contribution in [0.2, 0.25) is 5.02 Å². The van der Waals surface area contributed by atoms with Crippen molar-refractivity contribution in [3.63, 3.8) is 0 Å². The van der Waals surface area contributed by atoms with Gasteiger partial charge in [-0.25, -0.2) is 0 Å². The SMILES string of the molecule is Cc1cc(C(OS(C)(=O)=O)C(C)N2CCC(O)(c3ccc(Cl)cc3)CC2)cc(C)c1O. The molecule has 0 saturated carbocycles. The maximum atomic E-state index is 12.0. The van der Waals surface area contributed by atoms with Gasteiger partial charge in [-0.3, -0.25) is 9.08 Å². The molecule has 1 saturated heterocycles. The summed E-state index contributed by atoms with van der Waals surface area (Å²) >= 11 is 5.97. The molecule has 1 heterocycles. The van der Waals surface area contributed by atoms with Gasteiger partial charge >= 0.3 is 0 Å². The summed E-state index contributed by atoms with van der Waals surface area (Å²) in [5.74, 6) is 0.195. The van der Waals surface area contributed by atoms with Gasteiger partial charge in [0.05, 0.1) is 11.9 Å². The number of benzene rings is 2. The number of phenols is 1. The molecule has 0 aromatic heterocycles. The molecule has 0 bridgehead atoms. The molecule has 2 unspecified atom stereocenters. The predicted molar refractivity (Wildman–Crippen MR) is 122 cm³/mol. The van der Waals surface area contributed by atoms with Crippen molar-refractivity contribution in [2.24, 2.45) is 0 Å². The van der Waals surface area contributed by atoms with E-state index in [2.05, 4.69) is 4.90 Å². The molecule has 1 aliphatic rings. The Morgan fingerprint density at radius 2 is 1.61 bits per heavy atom. The number of piperidine rings is 1. The van der Waals surface area contributed by atoms with Gasteiger partial charge < -0.3 is 10.2 Å². The van der Waals surface area contributed by atoms with Crippen LogP contribution >= 0.6 is 11.6 Å². The molecule has 0 aliphatic carbocycles. The Balaban J connectivity index is 1.82. The third kappa shape index (κ3) is 5.59. The molecule has 0 spiro atoms. The van der Waals surface area contributed by atoms with Crippen LogP contribution in [-0.2, 0) is 19.9 Å². The molecule has 2 N–H and O–H groups in total. The summed E-state index contributed by atoms with van der Waals surface area (Å²) in [6.07, 6.45) is 1.34. The first-order valence-corrected chi connectivity index (χ1v) is 12.5. The van der Waals surface area contributed by atoms with E-state index in [0.29, 0.717) is 47.6 Å². The van der Waals surface area contributed by atoms with Crippen molar-refractivity contribution < 1.29 is 22.8 Å². The van der Waals surface area contributed by atoms with Gasteiger partial charge in [0.15, 0.2) is 0 Å². The highest BCUT2D eigenvalue weighted by atomic mass is 35.5. The normalized spacial score (nSPS) is 19.2. The highest BCUT2D eigenvalue weighted by Crippen LogP contribution is 2.37. The van der Waals surface area contributed by atoms with Gasteiger partial charge in [0.25, 0.3) is 10.1 Å². The zero-order valence-corrected chi connectivity index (χ0v) is 19.9. The lowest BCUT2D eigenvalue weighted by molar-refractivity contribution is -0.0465. The molecule has 0 amide bonds. The molecule has 170 valence electrons. The van der Waals surface area contributed by atoms with E-state index in [0.717, 1.165) is 11.8 Å². The van der Waals surface area contributed by atoms with Gasteiger partial charge in [-0.05, 0) is 80.1 Å². The van der Waals surface area contributed by atoms with Gasteiger partial charge in [-0.2, -0.15) is 8.42 Å². The van der Waals surface area contributed by atoms with E-state index in [1.807, 2.05) is 19.1 Å². The van der Waals surface area contributed by atoms with Crippen molar-refractivity contribution in [3.05, 3.63) is 63.7 Å². The van der Waals surface area contributed by atoms with Crippen molar-refractivity contribution in [2.75, 3.05) is 19.3 Å². The van der Waals surface area contributed by atoms with E-state index in [4.69, 9.17) is 15.8 Å². The van der Waals surface area contributed by atoms with Crippen LogP contribution < -0.4 is 0 Å². The molecule has 0 radical (unpaired) electrons. The largest absolute Gasteiger partial charge is 0.507 e. The molecule has 6 nitrogen and oxygen atoms in total. The number of hydrogen-bond donors (Lipinski definition) is 2. The fraction of sp³-hybridized carbons (Fsp3) is 0.478. The van der Waals surface area contributed by atoms with Crippen LogP contribution in [0.4, 0.5) is 0 Å². The van der Waals surface area contributed by atoms with E-state index in [9.17, 15) is 18.6 Å². The number of halogens is 1. The Labute approximate surface area is 189 Å². The van der Waals surface area contributed by atoms with Gasteiger partial charge in [0, 0.05) is 24.2 Å². The number of aromatic hydroxyl groups is 1. The van der Waals surface area contributed by atoms with Gasteiger partial charge in [-0.1, -0.05) is 23.7 Å². The summed E-state index contributed by atoms with van der Waals surface area (Å²) in [5, 5.41) is 21.9. The molecule has 2 aromatic carbocycles. The topological polar surface area (TPSA) is 87.1 Å². The van der Waals surface area contributed by atoms with Gasteiger partial charge in [0.2, 0.25) is 0 Å². The second-order valence-corrected chi connectivity index (χ2v) is 10.6. The van der Waals surface area contributed by atoms with Crippen molar-refractivity contribution in [1.82, 2.24) is 4.90 Å². The van der Waals surface area contributed by atoms with Gasteiger partial charge in [-0.15, -0.1) is 0 Å². The third-order valence-corrected chi connectivity index (χ3v) is 6.95. The Morgan fingerprint density at radius 1 is 1.10 bits per heavy atom. The zero-order chi connectivity index (χ0) is 23.0. The number of rotatable bonds is 6. The monoisotopic (exact) mass is 467 g/mol. The predicted octanol–water partition coefficient (Wildman–Crippen LogP) is 4.05. The van der Waals surface area contributed by atoms with Crippen LogP contribution in [0, 0.1) is 13.8 Å². The first-order chi connectivity index (χ1) is 14.4. The summed E-state index contributed by atoms with van der Waals surface area (Å²) in [5.41, 5.74) is 1.92. The lowest BCUT2D eigenvalue weighted by Gasteiger charge is -2.43. The van der Waals surface area contributed by atoms with Crippen LogP contribution in [0.15, 0.2) is 36.4 Å². The van der Waals surface area contributed by atoms with Crippen LogP contribution in [0.5, 0.6) is 5.75 Å². The highest BCUT2D eigenvalue weighted by molar-refractivity contribution is 7.86. The molecule has 8 heteroatoms. The summed E-state index contributed by atoms with van der Waals surface area (Å²) in [6.45, 7) is 6.65. The Morgan fingerprint density at radius 3 is 2.10 bits per heavy atom. The highest BCUT2D eigenvalue weighted by Gasteiger charge is 2.38. The molecular formula is C23H30ClNO5S. The molecular weight excluding hydrogens is 438 g/mol. The molecule has 31 heavy (non-hydrogen) atoms. The van der Waals surface area contributed by atoms with Crippen LogP contribution in [0.3, 0.4) is 0 Å². The molecule has 3 rings (SSSR count). The Kier molecular flexibility index (Phi) is 7.03. The minimum absolute atomic E-state index is 0.195. The van der Waals surface area contributed by atoms with Crippen molar-refractivity contribution in [2.45, 2.75) is 51.4 Å². The maximum Gasteiger partial charge on any atom is 0.265 e. The fourth-order valence-electron chi connectivity index (χ4n) is 4.30. The van der Waals surface area contributed by atoms with Crippen molar-refractivity contribution in [1.29, 1.82) is 0 Å². The minimum atomic E-state index is -3.71. The third-order valence-electron chi connectivity index (χ3n) is 6.14. The number of nitrogens with zero attached hydrogens (tertiary/aromatic N) is 1. The standard InChI is InChI=1S/C23H30ClNO5S/c1-15-13-18(14-16(2)21(15)26)22(30-31(4,28)29)17(3)25-11-9-23(27,10-12-25)19-5-7-20(24)8-6-19/h5-8,13-14,17,22,26-27H,9-12H2,1-4H3. The number of phenolic OH excluding ortho intramolecular Hbond substituents is 1. The fourth-order valence-corrected chi connectivity index (χ4v) is 5.07. The zero-order valence-electron chi connectivity index (χ0n) is 18.3. The quantitative estimate of drug-likeness (QED) is 0.623. The van der Waals surface area contributed by atoms with Crippen LogP contribution in [-0.4, -0.2) is 48.9 Å². The number of likely N-dealkylation sites (tertiary alicyclic amines) is 1. The molecule has 2 aromatic rings. The maximum absolute atomic E-state index is 12.0. The summed E-state index contributed by atoms with van der Waals surface area (Å²) in [6, 6.07) is 10.5. The summed E-state index contributed by atoms with van der Waals surface area (Å²) in [7, 11) is -3.71. The van der Waals surface area contributed by atoms with E-state index in [-0.39, 0.29) is 11.8 Å². The second kappa shape index (κ2) is 9.08. The van der Waals surface area contributed by atoms with E-state index < -0.39 is 21.8 Å². The average Bonchev–Trinajstić information content (AvgIpc) is 2.69. The molecule has 1 aliphatic heterocycles. The van der Waals surface area contributed by atoms with Crippen molar-refractivity contribution >= 4 is 21.7 Å². The number of hydrogen-bond acceptors (Lipinski definition) is 6. The average molecular weight is 468 g/mol. The lowest BCUT2D eigenvalue weighted by Crippen LogP contribution is -2.48. The van der Waals surface area contributed by atoms with Crippen LogP contribution in [0.1, 0.15) is 48.1 Å². The minimum Gasteiger partial charge on any atom is -0.507 e. The summed E-state index contributed by atoms with van der Waals surface area (Å²) in [4.78, 5) is 2.14. The van der Waals surface area contributed by atoms with E-state index in [1.165, 1.54) is 0 Å². The lowest BCUT2D eigenvalue weighted by atomic mass is 9.83. The van der Waals surface area contributed by atoms with E-state index in [1.54, 1.807) is 38.1 Å².